The van der Waals surface area contributed by atoms with Crippen molar-refractivity contribution in [3.63, 3.8) is 0 Å². The van der Waals surface area contributed by atoms with Gasteiger partial charge in [-0.1, -0.05) is 26.2 Å². The van der Waals surface area contributed by atoms with Gasteiger partial charge in [0.15, 0.2) is 0 Å². The summed E-state index contributed by atoms with van der Waals surface area (Å²) in [6.07, 6.45) is 8.04. The van der Waals surface area contributed by atoms with Gasteiger partial charge in [-0.3, -0.25) is 0 Å². The Morgan fingerprint density at radius 2 is 2.25 bits per heavy atom. The van der Waals surface area contributed by atoms with Crippen LogP contribution >= 0.6 is 0 Å². The largest absolute Gasteiger partial charge is 0.378 e. The van der Waals surface area contributed by atoms with Gasteiger partial charge in [-0.25, -0.2) is 0 Å². The van der Waals surface area contributed by atoms with Crippen molar-refractivity contribution in [1.29, 1.82) is 5.26 Å². The number of nitrogens with one attached hydrogen (secondary N) is 1. The van der Waals surface area contributed by atoms with Crippen molar-refractivity contribution in [1.82, 2.24) is 5.32 Å². The Balaban J connectivity index is 2.15. The van der Waals surface area contributed by atoms with Crippen LogP contribution in [0, 0.1) is 11.3 Å². The minimum atomic E-state index is -0.325. The maximum absolute atomic E-state index is 9.11. The number of nitriles is 1. The Bertz CT molecular complexity index is 237. The summed E-state index contributed by atoms with van der Waals surface area (Å²) in [6.45, 7) is 3.07. The summed E-state index contributed by atoms with van der Waals surface area (Å²) in [7, 11) is 1.87. The van der Waals surface area contributed by atoms with E-state index < -0.39 is 0 Å². The molecule has 92 valence electrons. The third-order valence-corrected chi connectivity index (χ3v) is 3.51. The van der Waals surface area contributed by atoms with Gasteiger partial charge in [-0.05, 0) is 26.3 Å². The highest BCUT2D eigenvalue weighted by Gasteiger charge is 2.38. The Morgan fingerprint density at radius 1 is 1.44 bits per heavy atom. The zero-order valence-electron chi connectivity index (χ0n) is 10.6. The maximum Gasteiger partial charge on any atom is 0.109 e. The van der Waals surface area contributed by atoms with Crippen molar-refractivity contribution in [2.24, 2.45) is 0 Å². The molecule has 1 rings (SSSR count). The zero-order valence-corrected chi connectivity index (χ0v) is 10.6. The molecule has 0 saturated heterocycles. The van der Waals surface area contributed by atoms with Crippen LogP contribution in [0.2, 0.25) is 0 Å². The lowest BCUT2D eigenvalue weighted by atomic mass is 10.0. The van der Waals surface area contributed by atoms with Crippen molar-refractivity contribution in [3.8, 4) is 6.07 Å². The lowest BCUT2D eigenvalue weighted by molar-refractivity contribution is 0.0523. The minimum Gasteiger partial charge on any atom is -0.378 e. The van der Waals surface area contributed by atoms with Gasteiger partial charge in [0.05, 0.1) is 12.2 Å². The molecular weight excluding hydrogens is 200 g/mol. The zero-order chi connectivity index (χ0) is 11.9. The second kappa shape index (κ2) is 6.88. The molecule has 0 radical (unpaired) electrons. The molecule has 2 unspecified atom stereocenters. The second-order valence-corrected chi connectivity index (χ2v) is 4.74. The van der Waals surface area contributed by atoms with Crippen molar-refractivity contribution in [2.45, 2.75) is 63.5 Å². The molecular formula is C13H24N2O. The smallest absolute Gasteiger partial charge is 0.109 e. The summed E-state index contributed by atoms with van der Waals surface area (Å²) in [5.41, 5.74) is -0.325. The van der Waals surface area contributed by atoms with E-state index in [4.69, 9.17) is 10.00 Å². The third-order valence-electron chi connectivity index (χ3n) is 3.51. The molecule has 1 aliphatic carbocycles. The van der Waals surface area contributed by atoms with E-state index in [9.17, 15) is 0 Å². The molecule has 0 spiro atoms. The predicted molar refractivity (Wildman–Crippen MR) is 65.1 cm³/mol. The van der Waals surface area contributed by atoms with E-state index in [1.807, 2.05) is 7.05 Å². The normalized spacial score (nSPS) is 29.2. The van der Waals surface area contributed by atoms with Crippen LogP contribution in [0.15, 0.2) is 0 Å². The van der Waals surface area contributed by atoms with Gasteiger partial charge in [0, 0.05) is 13.0 Å². The summed E-state index contributed by atoms with van der Waals surface area (Å²) >= 11 is 0. The second-order valence-electron chi connectivity index (χ2n) is 4.74. The van der Waals surface area contributed by atoms with Gasteiger partial charge >= 0.3 is 0 Å². The summed E-state index contributed by atoms with van der Waals surface area (Å²) in [6, 6.07) is 2.38. The average molecular weight is 224 g/mol. The summed E-state index contributed by atoms with van der Waals surface area (Å²) in [5.74, 6) is 0. The average Bonchev–Trinajstić information content (AvgIpc) is 2.73. The summed E-state index contributed by atoms with van der Waals surface area (Å²) in [4.78, 5) is 0. The molecule has 0 aromatic heterocycles. The van der Waals surface area contributed by atoms with Crippen molar-refractivity contribution >= 4 is 0 Å². The van der Waals surface area contributed by atoms with Crippen molar-refractivity contribution < 1.29 is 4.74 Å². The van der Waals surface area contributed by atoms with Crippen LogP contribution in [0.1, 0.15) is 51.9 Å². The van der Waals surface area contributed by atoms with Crippen LogP contribution in [-0.4, -0.2) is 25.3 Å². The van der Waals surface area contributed by atoms with Crippen LogP contribution in [0.3, 0.4) is 0 Å². The first-order chi connectivity index (χ1) is 7.76. The molecule has 0 aromatic carbocycles. The highest BCUT2D eigenvalue weighted by Crippen LogP contribution is 2.31. The molecule has 0 bridgehead atoms. The van der Waals surface area contributed by atoms with E-state index in [1.54, 1.807) is 0 Å². The van der Waals surface area contributed by atoms with Gasteiger partial charge in [0.25, 0.3) is 0 Å². The number of ether oxygens (including phenoxy) is 1. The van der Waals surface area contributed by atoms with Gasteiger partial charge in [-0.2, -0.15) is 5.26 Å². The maximum atomic E-state index is 9.11. The molecule has 0 heterocycles. The van der Waals surface area contributed by atoms with Crippen LogP contribution in [0.25, 0.3) is 0 Å². The Kier molecular flexibility index (Phi) is 5.79. The van der Waals surface area contributed by atoms with Crippen LogP contribution in [-0.2, 0) is 4.74 Å². The standard InChI is InChI=1S/C13H24N2O/c1-3-4-5-6-9-16-12-7-8-13(10-12,11-14)15-2/h12,15H,3-10H2,1-2H3. The molecule has 1 saturated carbocycles. The van der Waals surface area contributed by atoms with Crippen molar-refractivity contribution in [2.75, 3.05) is 13.7 Å². The topological polar surface area (TPSA) is 45.0 Å². The molecule has 1 N–H and O–H groups in total. The van der Waals surface area contributed by atoms with Gasteiger partial charge in [0.2, 0.25) is 0 Å². The fourth-order valence-corrected chi connectivity index (χ4v) is 2.31. The molecule has 2 atom stereocenters. The number of hydrogen-bond acceptors (Lipinski definition) is 3. The third kappa shape index (κ3) is 3.77. The molecule has 3 nitrogen and oxygen atoms in total. The van der Waals surface area contributed by atoms with Crippen molar-refractivity contribution in [3.05, 3.63) is 0 Å². The SMILES string of the molecule is CCCCCCOC1CCC(C#N)(NC)C1. The van der Waals surface area contributed by atoms with E-state index in [0.717, 1.165) is 32.3 Å². The van der Waals surface area contributed by atoms with Crippen LogP contribution < -0.4 is 5.32 Å². The number of unbranched alkanes of at least 4 members (excludes halogenated alkanes) is 3. The highest BCUT2D eigenvalue weighted by molar-refractivity contribution is 5.11. The highest BCUT2D eigenvalue weighted by atomic mass is 16.5. The minimum absolute atomic E-state index is 0.286. The first kappa shape index (κ1) is 13.5. The molecule has 1 fully saturated rings. The fourth-order valence-electron chi connectivity index (χ4n) is 2.31. The summed E-state index contributed by atoms with van der Waals surface area (Å²) < 4.78 is 5.82. The van der Waals surface area contributed by atoms with Gasteiger partial charge in [-0.15, -0.1) is 0 Å². The molecule has 3 heteroatoms. The molecule has 0 aromatic rings. The van der Waals surface area contributed by atoms with E-state index in [0.29, 0.717) is 0 Å². The summed E-state index contributed by atoms with van der Waals surface area (Å²) in [5, 5.41) is 12.2. The number of hydrogen-bond donors (Lipinski definition) is 1. The van der Waals surface area contributed by atoms with Gasteiger partial charge < -0.3 is 10.1 Å². The van der Waals surface area contributed by atoms with E-state index >= 15 is 0 Å². The van der Waals surface area contributed by atoms with E-state index in [2.05, 4.69) is 18.3 Å². The lowest BCUT2D eigenvalue weighted by Crippen LogP contribution is -2.39. The number of rotatable bonds is 7. The van der Waals surface area contributed by atoms with Crippen LogP contribution in [0.5, 0.6) is 0 Å². The molecule has 1 aliphatic rings. The predicted octanol–water partition coefficient (Wildman–Crippen LogP) is 2.62. The first-order valence-electron chi connectivity index (χ1n) is 6.48. The molecule has 0 amide bonds. The molecule has 0 aliphatic heterocycles. The lowest BCUT2D eigenvalue weighted by Gasteiger charge is -2.19. The van der Waals surface area contributed by atoms with Gasteiger partial charge in [0.1, 0.15) is 5.54 Å². The van der Waals surface area contributed by atoms with E-state index in [1.165, 1.54) is 19.3 Å². The first-order valence-corrected chi connectivity index (χ1v) is 6.48. The Hall–Kier alpha value is -0.590. The number of nitrogens with zero attached hydrogens (tertiary/aromatic N) is 1. The Morgan fingerprint density at radius 3 is 2.81 bits per heavy atom. The molecule has 16 heavy (non-hydrogen) atoms. The monoisotopic (exact) mass is 224 g/mol. The fraction of sp³-hybridized carbons (Fsp3) is 0.923. The Labute approximate surface area is 99.2 Å². The quantitative estimate of drug-likeness (QED) is 0.676. The van der Waals surface area contributed by atoms with E-state index in [-0.39, 0.29) is 11.6 Å². The van der Waals surface area contributed by atoms with Crippen LogP contribution in [0.4, 0.5) is 0 Å².